The summed E-state index contributed by atoms with van der Waals surface area (Å²) in [6.07, 6.45) is -0.630. The lowest BCUT2D eigenvalue weighted by Crippen LogP contribution is -2.33. The Labute approximate surface area is 103 Å². The van der Waals surface area contributed by atoms with Gasteiger partial charge in [0.2, 0.25) is 0 Å². The van der Waals surface area contributed by atoms with E-state index >= 15 is 0 Å². The maximum Gasteiger partial charge on any atom is 0.322 e. The highest BCUT2D eigenvalue weighted by Gasteiger charge is 2.19. The van der Waals surface area contributed by atoms with Gasteiger partial charge in [0.15, 0.2) is 0 Å². The third-order valence-electron chi connectivity index (χ3n) is 2.21. The van der Waals surface area contributed by atoms with Gasteiger partial charge in [-0.3, -0.25) is 4.79 Å². The fourth-order valence-electron chi connectivity index (χ4n) is 1.34. The Kier molecular flexibility index (Phi) is 4.92. The number of carbonyl (C=O) groups is 1. The predicted octanol–water partition coefficient (Wildman–Crippen LogP) is 1.37. The summed E-state index contributed by atoms with van der Waals surface area (Å²) in [6.45, 7) is 0. The maximum absolute atomic E-state index is 11.1. The summed E-state index contributed by atoms with van der Waals surface area (Å²) < 4.78 is 5.36. The molecule has 0 amide bonds. The quantitative estimate of drug-likeness (QED) is 0.821. The van der Waals surface area contributed by atoms with Crippen LogP contribution in [0.5, 0.6) is 0 Å². The van der Waals surface area contributed by atoms with E-state index in [1.165, 1.54) is 7.11 Å². The fraction of sp³-hybridized carbons (Fsp3) is 0.364. The van der Waals surface area contributed by atoms with Crippen LogP contribution in [-0.2, 0) is 9.53 Å². The molecule has 0 heterocycles. The standard InChI is InChI=1S/C11H14BrNO3/c1-16-11(15)9(13)6-10(14)7-3-2-4-8(12)5-7/h2-5,9-10,14H,6,13H2,1H3. The minimum Gasteiger partial charge on any atom is -0.468 e. The van der Waals surface area contributed by atoms with Gasteiger partial charge in [0.1, 0.15) is 6.04 Å². The summed E-state index contributed by atoms with van der Waals surface area (Å²) in [7, 11) is 1.27. The van der Waals surface area contributed by atoms with E-state index in [4.69, 9.17) is 5.73 Å². The van der Waals surface area contributed by atoms with E-state index in [9.17, 15) is 9.90 Å². The molecule has 5 heteroatoms. The number of methoxy groups -OCH3 is 1. The summed E-state index contributed by atoms with van der Waals surface area (Å²) >= 11 is 3.31. The van der Waals surface area contributed by atoms with Crippen molar-refractivity contribution in [1.82, 2.24) is 0 Å². The molecular weight excluding hydrogens is 274 g/mol. The average molecular weight is 288 g/mol. The van der Waals surface area contributed by atoms with Crippen molar-refractivity contribution in [3.63, 3.8) is 0 Å². The van der Waals surface area contributed by atoms with Crippen molar-refractivity contribution in [2.45, 2.75) is 18.6 Å². The first-order valence-corrected chi connectivity index (χ1v) is 5.61. The normalized spacial score (nSPS) is 14.2. The Morgan fingerprint density at radius 1 is 1.62 bits per heavy atom. The van der Waals surface area contributed by atoms with Crippen LogP contribution in [-0.4, -0.2) is 24.2 Å². The summed E-state index contributed by atoms with van der Waals surface area (Å²) in [6, 6.07) is 6.43. The molecule has 16 heavy (non-hydrogen) atoms. The van der Waals surface area contributed by atoms with Gasteiger partial charge in [-0.15, -0.1) is 0 Å². The van der Waals surface area contributed by atoms with Crippen molar-refractivity contribution in [2.24, 2.45) is 5.73 Å². The second-order valence-electron chi connectivity index (χ2n) is 3.44. The van der Waals surface area contributed by atoms with Crippen LogP contribution < -0.4 is 5.73 Å². The van der Waals surface area contributed by atoms with Crippen LogP contribution in [0.4, 0.5) is 0 Å². The van der Waals surface area contributed by atoms with Crippen LogP contribution in [0.3, 0.4) is 0 Å². The zero-order chi connectivity index (χ0) is 12.1. The molecule has 4 nitrogen and oxygen atoms in total. The number of benzene rings is 1. The zero-order valence-electron chi connectivity index (χ0n) is 8.89. The lowest BCUT2D eigenvalue weighted by molar-refractivity contribution is -0.142. The Balaban J connectivity index is 2.65. The lowest BCUT2D eigenvalue weighted by atomic mass is 10.0. The molecule has 0 saturated heterocycles. The lowest BCUT2D eigenvalue weighted by Gasteiger charge is -2.15. The number of nitrogens with two attached hydrogens (primary N) is 1. The molecule has 1 aromatic carbocycles. The summed E-state index contributed by atoms with van der Waals surface area (Å²) in [5, 5.41) is 9.85. The number of halogens is 1. The minimum absolute atomic E-state index is 0.142. The molecule has 1 aromatic rings. The molecule has 0 radical (unpaired) electrons. The second kappa shape index (κ2) is 5.98. The average Bonchev–Trinajstić information content (AvgIpc) is 2.27. The number of aliphatic hydroxyl groups is 1. The van der Waals surface area contributed by atoms with E-state index in [-0.39, 0.29) is 6.42 Å². The Hall–Kier alpha value is -0.910. The van der Waals surface area contributed by atoms with E-state index in [0.717, 1.165) is 4.47 Å². The fourth-order valence-corrected chi connectivity index (χ4v) is 1.76. The first-order chi connectivity index (χ1) is 7.54. The van der Waals surface area contributed by atoms with Crippen LogP contribution in [0.25, 0.3) is 0 Å². The third kappa shape index (κ3) is 3.59. The summed E-state index contributed by atoms with van der Waals surface area (Å²) in [4.78, 5) is 11.1. The molecule has 88 valence electrons. The first kappa shape index (κ1) is 13.2. The Bertz CT molecular complexity index is 370. The molecule has 0 aliphatic heterocycles. The van der Waals surface area contributed by atoms with Gasteiger partial charge >= 0.3 is 5.97 Å². The van der Waals surface area contributed by atoms with Crippen LogP contribution in [0.1, 0.15) is 18.1 Å². The number of ether oxygens (including phenoxy) is 1. The smallest absolute Gasteiger partial charge is 0.322 e. The summed E-state index contributed by atoms with van der Waals surface area (Å²) in [5.74, 6) is -0.519. The van der Waals surface area contributed by atoms with Gasteiger partial charge in [0.05, 0.1) is 13.2 Å². The van der Waals surface area contributed by atoms with Crippen molar-refractivity contribution < 1.29 is 14.6 Å². The van der Waals surface area contributed by atoms with Crippen LogP contribution >= 0.6 is 15.9 Å². The molecule has 0 spiro atoms. The molecular formula is C11H14BrNO3. The monoisotopic (exact) mass is 287 g/mol. The number of carbonyl (C=O) groups excluding carboxylic acids is 1. The number of esters is 1. The highest BCUT2D eigenvalue weighted by molar-refractivity contribution is 9.10. The van der Waals surface area contributed by atoms with Crippen molar-refractivity contribution in [2.75, 3.05) is 7.11 Å². The minimum atomic E-state index is -0.806. The molecule has 0 aliphatic rings. The maximum atomic E-state index is 11.1. The van der Waals surface area contributed by atoms with Crippen molar-refractivity contribution in [1.29, 1.82) is 0 Å². The van der Waals surface area contributed by atoms with Gasteiger partial charge in [-0.1, -0.05) is 28.1 Å². The van der Waals surface area contributed by atoms with Crippen molar-refractivity contribution in [3.05, 3.63) is 34.3 Å². The van der Waals surface area contributed by atoms with Crippen molar-refractivity contribution >= 4 is 21.9 Å². The Morgan fingerprint density at radius 3 is 2.88 bits per heavy atom. The van der Waals surface area contributed by atoms with Crippen LogP contribution in [0.2, 0.25) is 0 Å². The molecule has 1 rings (SSSR count). The second-order valence-corrected chi connectivity index (χ2v) is 4.35. The topological polar surface area (TPSA) is 72.5 Å². The van der Waals surface area contributed by atoms with Crippen molar-refractivity contribution in [3.8, 4) is 0 Å². The van der Waals surface area contributed by atoms with Crippen LogP contribution in [0, 0.1) is 0 Å². The molecule has 0 saturated carbocycles. The highest BCUT2D eigenvalue weighted by Crippen LogP contribution is 2.21. The van der Waals surface area contributed by atoms with E-state index in [1.807, 2.05) is 12.1 Å². The highest BCUT2D eigenvalue weighted by atomic mass is 79.9. The molecule has 0 bridgehead atoms. The summed E-state index contributed by atoms with van der Waals surface area (Å²) in [5.41, 5.74) is 6.27. The van der Waals surface area contributed by atoms with Gasteiger partial charge in [-0.05, 0) is 17.7 Å². The third-order valence-corrected chi connectivity index (χ3v) is 2.71. The van der Waals surface area contributed by atoms with Gasteiger partial charge < -0.3 is 15.6 Å². The largest absolute Gasteiger partial charge is 0.468 e. The zero-order valence-corrected chi connectivity index (χ0v) is 10.5. The van der Waals surface area contributed by atoms with E-state index < -0.39 is 18.1 Å². The van der Waals surface area contributed by atoms with Gasteiger partial charge in [0.25, 0.3) is 0 Å². The molecule has 2 atom stereocenters. The molecule has 0 aliphatic carbocycles. The SMILES string of the molecule is COC(=O)C(N)CC(O)c1cccc(Br)c1. The first-order valence-electron chi connectivity index (χ1n) is 4.81. The van der Waals surface area contributed by atoms with Gasteiger partial charge in [-0.25, -0.2) is 0 Å². The predicted molar refractivity (Wildman–Crippen MR) is 63.7 cm³/mol. The number of hydrogen-bond donors (Lipinski definition) is 2. The molecule has 2 unspecified atom stereocenters. The van der Waals surface area contributed by atoms with Crippen LogP contribution in [0.15, 0.2) is 28.7 Å². The number of rotatable bonds is 4. The molecule has 0 aromatic heterocycles. The van der Waals surface area contributed by atoms with E-state index in [1.54, 1.807) is 12.1 Å². The number of aliphatic hydroxyl groups excluding tert-OH is 1. The Morgan fingerprint density at radius 2 is 2.31 bits per heavy atom. The van der Waals surface area contributed by atoms with Gasteiger partial charge in [-0.2, -0.15) is 0 Å². The van der Waals surface area contributed by atoms with E-state index in [2.05, 4.69) is 20.7 Å². The number of hydrogen-bond acceptors (Lipinski definition) is 4. The molecule has 0 fully saturated rings. The van der Waals surface area contributed by atoms with Gasteiger partial charge in [0, 0.05) is 10.9 Å². The van der Waals surface area contributed by atoms with E-state index in [0.29, 0.717) is 5.56 Å². The molecule has 3 N–H and O–H groups in total.